The van der Waals surface area contributed by atoms with Crippen molar-refractivity contribution in [1.29, 1.82) is 0 Å². The van der Waals surface area contributed by atoms with Crippen LogP contribution in [-0.2, 0) is 56.4 Å². The van der Waals surface area contributed by atoms with Gasteiger partial charge in [-0.25, -0.2) is 19.1 Å². The normalized spacial score (nSPS) is 11.3. The number of imidazole rings is 2. The van der Waals surface area contributed by atoms with E-state index in [4.69, 9.17) is 9.97 Å². The molecule has 8 aromatic carbocycles. The Morgan fingerprint density at radius 1 is 0.295 bits per heavy atom. The van der Waals surface area contributed by atoms with Crippen LogP contribution in [0.25, 0.3) is 134 Å². The van der Waals surface area contributed by atoms with E-state index in [0.29, 0.717) is 0 Å². The lowest BCUT2D eigenvalue weighted by Gasteiger charge is -2.14. The molecule has 0 aliphatic rings. The van der Waals surface area contributed by atoms with Crippen LogP contribution in [0.1, 0.15) is 72.3 Å². The van der Waals surface area contributed by atoms with Crippen molar-refractivity contribution in [2.24, 2.45) is 56.4 Å². The summed E-state index contributed by atoms with van der Waals surface area (Å²) in [7, 11) is 17.0. The van der Waals surface area contributed by atoms with Crippen molar-refractivity contribution in [2.45, 2.75) is 90.0 Å². The number of rotatable bonds is 8. The van der Waals surface area contributed by atoms with E-state index in [1.54, 1.807) is 0 Å². The van der Waals surface area contributed by atoms with Crippen molar-refractivity contribution in [3.63, 3.8) is 0 Å². The molecule has 0 bridgehead atoms. The molecule has 16 aromatic rings. The molecule has 0 saturated carbocycles. The molecule has 8 aromatic heterocycles. The molecule has 526 valence electrons. The molecule has 10 heteroatoms. The summed E-state index contributed by atoms with van der Waals surface area (Å²) in [5.74, 6) is 1.99. The van der Waals surface area contributed by atoms with Gasteiger partial charge in [0.15, 0.2) is 12.4 Å². The number of aromatic nitrogens is 10. The van der Waals surface area contributed by atoms with Crippen molar-refractivity contribution in [3.05, 3.63) is 297 Å². The number of para-hydroxylation sites is 2. The molecule has 10 nitrogen and oxygen atoms in total. The highest BCUT2D eigenvalue weighted by atomic mass is 15.1. The standard InChI is InChI=1S/C26H30N3.C25H27N2.C22H22N3.C22H21N2/c1-15-9-10-23-22(11-15)27-26(28(23)7)25-20(6)13-19(5)24(29(25)8)21-14-17(3)16(2)12-18(21)4;1-16-14-17(2)24(26(5)15-16)21-11-9-12-22(18(21)3)25-19(4)20-10-7-8-13-23(20)27(25)6;1-15-12-13-18-21(14-15)25(4)22(23-18)20-11-7-10-19(24(20)3)17-9-6-5-8-16(17)2;1-16-18(21-13-6-7-14-23(21)2)10-8-11-19(16)22-15-17-9-4-5-12-20(17)24(22)3/h9-14H,1-8H3;7-15H,1-6H3;5-14H,1-4H3;4-15H,1-3H3/q4*+1. The van der Waals surface area contributed by atoms with Gasteiger partial charge < -0.3 is 18.3 Å². The Kier molecular flexibility index (Phi) is 20.0. The average molecular weight is 1380 g/mol. The third kappa shape index (κ3) is 13.5. The molecule has 105 heavy (non-hydrogen) atoms. The van der Waals surface area contributed by atoms with Crippen LogP contribution < -0.4 is 18.3 Å². The van der Waals surface area contributed by atoms with E-state index in [-0.39, 0.29) is 0 Å². The van der Waals surface area contributed by atoms with Crippen LogP contribution in [0, 0.1) is 90.0 Å². The van der Waals surface area contributed by atoms with Gasteiger partial charge >= 0.3 is 0 Å². The molecular formula is C95H100N10+4. The predicted octanol–water partition coefficient (Wildman–Crippen LogP) is 20.1. The van der Waals surface area contributed by atoms with Crippen LogP contribution in [0.5, 0.6) is 0 Å². The molecule has 0 radical (unpaired) electrons. The first-order valence-corrected chi connectivity index (χ1v) is 36.5. The smallest absolute Gasteiger partial charge is 0.251 e. The fourth-order valence-electron chi connectivity index (χ4n) is 16.2. The molecule has 0 atom stereocenters. The number of benzene rings is 8. The van der Waals surface area contributed by atoms with Gasteiger partial charge in [0.1, 0.15) is 28.2 Å². The summed E-state index contributed by atoms with van der Waals surface area (Å²) in [4.78, 5) is 9.91. The summed E-state index contributed by atoms with van der Waals surface area (Å²) >= 11 is 0. The lowest BCUT2D eigenvalue weighted by atomic mass is 9.94. The van der Waals surface area contributed by atoms with Crippen LogP contribution >= 0.6 is 0 Å². The van der Waals surface area contributed by atoms with Gasteiger partial charge in [0, 0.05) is 136 Å². The molecular weight excluding hydrogens is 1280 g/mol. The minimum absolute atomic E-state index is 0.985. The fraction of sp³-hybridized carbons (Fsp3) is 0.221. The van der Waals surface area contributed by atoms with Gasteiger partial charge in [-0.1, -0.05) is 97.1 Å². The fourth-order valence-corrected chi connectivity index (χ4v) is 16.2. The molecule has 0 unspecified atom stereocenters. The van der Waals surface area contributed by atoms with E-state index in [2.05, 4.69) is 408 Å². The highest BCUT2D eigenvalue weighted by Crippen LogP contribution is 2.39. The maximum Gasteiger partial charge on any atom is 0.251 e. The topological polar surface area (TPSA) is 61.0 Å². The highest BCUT2D eigenvalue weighted by Gasteiger charge is 2.29. The zero-order chi connectivity index (χ0) is 74.6. The number of nitrogens with zero attached hydrogens (tertiary/aromatic N) is 10. The SMILES string of the molecule is Cc1c(-c2cc3ccccc3n2C)cccc1-c1cccc[n+]1C.Cc1cc(C)c(-c2cccc(-c3c(C)c4ccccc4n3C)c2C)[n+](C)c1.Cc1ccc2c(c1)nc(-c1c(C)cc(C)c(-c3cc(C)c(C)cc3C)[n+]1C)n2C.Cc1ccc2nc(-c3cccc(-c4ccccc4C)[n+]3C)n(C)c2c1. The van der Waals surface area contributed by atoms with E-state index in [1.807, 2.05) is 0 Å². The van der Waals surface area contributed by atoms with Gasteiger partial charge in [0.2, 0.25) is 40.1 Å². The van der Waals surface area contributed by atoms with Gasteiger partial charge in [0.05, 0.1) is 27.8 Å². The lowest BCUT2D eigenvalue weighted by molar-refractivity contribution is -0.661. The van der Waals surface area contributed by atoms with Crippen molar-refractivity contribution < 1.29 is 18.3 Å². The maximum atomic E-state index is 5.03. The summed E-state index contributed by atoms with van der Waals surface area (Å²) < 4.78 is 18.0. The summed E-state index contributed by atoms with van der Waals surface area (Å²) in [5, 5.41) is 2.61. The molecule has 0 saturated heterocycles. The van der Waals surface area contributed by atoms with Gasteiger partial charge in [-0.3, -0.25) is 0 Å². The molecule has 0 N–H and O–H groups in total. The van der Waals surface area contributed by atoms with Gasteiger partial charge in [-0.2, -0.15) is 9.13 Å². The Morgan fingerprint density at radius 3 is 1.60 bits per heavy atom. The lowest BCUT2D eigenvalue weighted by Crippen LogP contribution is -2.36. The first kappa shape index (κ1) is 71.8. The molecule has 8 heterocycles. The van der Waals surface area contributed by atoms with Crippen molar-refractivity contribution >= 4 is 43.9 Å². The molecule has 0 fully saturated rings. The zero-order valence-electron chi connectivity index (χ0n) is 65.3. The number of hydrogen-bond acceptors (Lipinski definition) is 2. The molecule has 0 aliphatic carbocycles. The Balaban J connectivity index is 0.000000124. The Morgan fingerprint density at radius 2 is 0.867 bits per heavy atom. The monoisotopic (exact) mass is 1380 g/mol. The van der Waals surface area contributed by atoms with Gasteiger partial charge in [-0.15, -0.1) is 0 Å². The molecule has 0 amide bonds. The molecule has 16 rings (SSSR count). The molecule has 0 aliphatic heterocycles. The second-order valence-corrected chi connectivity index (χ2v) is 29.2. The van der Waals surface area contributed by atoms with E-state index >= 15 is 0 Å². The third-order valence-corrected chi connectivity index (χ3v) is 21.8. The van der Waals surface area contributed by atoms with Crippen LogP contribution in [-0.4, -0.2) is 28.2 Å². The quantitative estimate of drug-likeness (QED) is 0.142. The Labute approximate surface area is 620 Å². The van der Waals surface area contributed by atoms with Crippen LogP contribution in [0.2, 0.25) is 0 Å². The van der Waals surface area contributed by atoms with E-state index in [0.717, 1.165) is 39.4 Å². The number of fused-ring (bicyclic) bond motifs is 4. The second-order valence-electron chi connectivity index (χ2n) is 29.2. The third-order valence-electron chi connectivity index (χ3n) is 21.8. The first-order valence-electron chi connectivity index (χ1n) is 36.5. The zero-order valence-corrected chi connectivity index (χ0v) is 65.3. The number of aryl methyl sites for hydroxylation is 17. The van der Waals surface area contributed by atoms with Crippen LogP contribution in [0.4, 0.5) is 0 Å². The van der Waals surface area contributed by atoms with E-state index in [1.165, 1.54) is 167 Å². The second kappa shape index (κ2) is 29.3. The Bertz CT molecular complexity index is 6000. The van der Waals surface area contributed by atoms with E-state index in [9.17, 15) is 0 Å². The Hall–Kier alpha value is -11.6. The summed E-state index contributed by atoms with van der Waals surface area (Å²) in [5.41, 5.74) is 41.3. The van der Waals surface area contributed by atoms with E-state index < -0.39 is 0 Å². The predicted molar refractivity (Wildman–Crippen MR) is 437 cm³/mol. The average Bonchev–Trinajstić information content (AvgIpc) is 1.76. The number of hydrogen-bond donors (Lipinski definition) is 0. The summed E-state index contributed by atoms with van der Waals surface area (Å²) in [6, 6.07) is 76.1. The molecule has 0 spiro atoms. The highest BCUT2D eigenvalue weighted by molar-refractivity contribution is 5.93. The minimum atomic E-state index is 0.985. The van der Waals surface area contributed by atoms with Crippen LogP contribution in [0.3, 0.4) is 0 Å². The summed E-state index contributed by atoms with van der Waals surface area (Å²) in [6.45, 7) is 28.4. The van der Waals surface area contributed by atoms with Crippen molar-refractivity contribution in [2.75, 3.05) is 0 Å². The number of pyridine rings is 4. The van der Waals surface area contributed by atoms with Gasteiger partial charge in [-0.05, 0) is 231 Å². The largest absolute Gasteiger partial charge is 0.344 e. The maximum absolute atomic E-state index is 5.03. The van der Waals surface area contributed by atoms with Crippen molar-refractivity contribution in [1.82, 2.24) is 28.2 Å². The van der Waals surface area contributed by atoms with Gasteiger partial charge in [0.25, 0.3) is 5.69 Å². The first-order chi connectivity index (χ1) is 50.3. The summed E-state index contributed by atoms with van der Waals surface area (Å²) in [6.07, 6.45) is 4.30. The minimum Gasteiger partial charge on any atom is -0.344 e. The van der Waals surface area contributed by atoms with Crippen LogP contribution in [0.15, 0.2) is 225 Å². The van der Waals surface area contributed by atoms with Crippen molar-refractivity contribution in [3.8, 4) is 90.6 Å².